The van der Waals surface area contributed by atoms with Gasteiger partial charge in [0.25, 0.3) is 0 Å². The van der Waals surface area contributed by atoms with Crippen LogP contribution in [0.4, 0.5) is 0 Å². The van der Waals surface area contributed by atoms with Crippen molar-refractivity contribution in [3.63, 3.8) is 0 Å². The van der Waals surface area contributed by atoms with E-state index in [-0.39, 0.29) is 5.41 Å². The van der Waals surface area contributed by atoms with Crippen LogP contribution in [0.1, 0.15) is 24.8 Å². The van der Waals surface area contributed by atoms with Crippen LogP contribution in [0.2, 0.25) is 0 Å². The molecule has 0 aliphatic carbocycles. The highest BCUT2D eigenvalue weighted by Crippen LogP contribution is 2.37. The molecule has 2 heterocycles. The van der Waals surface area contributed by atoms with Crippen LogP contribution in [0.3, 0.4) is 0 Å². The number of amides is 1. The van der Waals surface area contributed by atoms with Gasteiger partial charge < -0.3 is 14.5 Å². The van der Waals surface area contributed by atoms with Crippen LogP contribution in [-0.4, -0.2) is 62.1 Å². The number of likely N-dealkylation sites (N-methyl/N-ethyl adjacent to an activating group) is 1. The van der Waals surface area contributed by atoms with E-state index in [1.54, 1.807) is 0 Å². The lowest BCUT2D eigenvalue weighted by molar-refractivity contribution is -0.137. The molecule has 126 valence electrons. The summed E-state index contributed by atoms with van der Waals surface area (Å²) in [5.74, 6) is 0.319. The number of carbonyl (C=O) groups excluding carboxylic acids is 1. The van der Waals surface area contributed by atoms with Gasteiger partial charge in [0.15, 0.2) is 0 Å². The minimum absolute atomic E-state index is 0.247. The van der Waals surface area contributed by atoms with Gasteiger partial charge in [-0.05, 0) is 31.9 Å². The van der Waals surface area contributed by atoms with Crippen LogP contribution >= 0.6 is 0 Å². The number of rotatable bonds is 6. The van der Waals surface area contributed by atoms with Gasteiger partial charge in [-0.15, -0.1) is 0 Å². The number of benzene rings is 1. The van der Waals surface area contributed by atoms with Crippen molar-refractivity contribution in [3.05, 3.63) is 35.9 Å². The second-order valence-electron chi connectivity index (χ2n) is 7.16. The minimum atomic E-state index is 0.247. The first-order valence-electron chi connectivity index (χ1n) is 8.75. The quantitative estimate of drug-likeness (QED) is 0.806. The molecule has 1 amide bonds. The smallest absolute Gasteiger partial charge is 0.222 e. The van der Waals surface area contributed by atoms with E-state index in [2.05, 4.69) is 47.2 Å². The molecule has 1 spiro atoms. The van der Waals surface area contributed by atoms with Crippen LogP contribution in [0, 0.1) is 5.41 Å². The normalized spacial score (nSPS) is 24.8. The van der Waals surface area contributed by atoms with Crippen molar-refractivity contribution in [2.45, 2.75) is 25.7 Å². The lowest BCUT2D eigenvalue weighted by Gasteiger charge is -2.39. The van der Waals surface area contributed by atoms with Crippen molar-refractivity contribution in [1.29, 1.82) is 0 Å². The Bertz CT molecular complexity index is 511. The van der Waals surface area contributed by atoms with E-state index in [0.29, 0.717) is 12.3 Å². The predicted octanol–water partition coefficient (Wildman–Crippen LogP) is 2.19. The Morgan fingerprint density at radius 2 is 2.04 bits per heavy atom. The maximum Gasteiger partial charge on any atom is 0.222 e. The Balaban J connectivity index is 1.44. The van der Waals surface area contributed by atoms with Crippen LogP contribution in [0.15, 0.2) is 30.3 Å². The summed E-state index contributed by atoms with van der Waals surface area (Å²) in [4.78, 5) is 16.6. The van der Waals surface area contributed by atoms with Crippen molar-refractivity contribution in [2.24, 2.45) is 5.41 Å². The Hall–Kier alpha value is -1.39. The number of nitrogens with zero attached hydrogens (tertiary/aromatic N) is 2. The standard InChI is InChI=1S/C19H28N2O2/c1-20(11-8-17-5-3-2-4-6-17)12-13-21-15-19(9-7-18(21)22)10-14-23-16-19/h2-6H,7-16H2,1H3. The van der Waals surface area contributed by atoms with Crippen LogP contribution in [-0.2, 0) is 16.0 Å². The van der Waals surface area contributed by atoms with E-state index in [1.165, 1.54) is 5.56 Å². The zero-order chi connectivity index (χ0) is 16.1. The molecule has 1 atom stereocenters. The summed E-state index contributed by atoms with van der Waals surface area (Å²) >= 11 is 0. The van der Waals surface area contributed by atoms with Crippen molar-refractivity contribution in [3.8, 4) is 0 Å². The summed E-state index contributed by atoms with van der Waals surface area (Å²) in [5.41, 5.74) is 1.62. The minimum Gasteiger partial charge on any atom is -0.381 e. The molecule has 2 saturated heterocycles. The highest BCUT2D eigenvalue weighted by Gasteiger charge is 2.41. The monoisotopic (exact) mass is 316 g/mol. The van der Waals surface area contributed by atoms with E-state index in [4.69, 9.17) is 4.74 Å². The molecule has 0 saturated carbocycles. The number of hydrogen-bond acceptors (Lipinski definition) is 3. The Morgan fingerprint density at radius 1 is 1.22 bits per heavy atom. The number of hydrogen-bond donors (Lipinski definition) is 0. The zero-order valence-corrected chi connectivity index (χ0v) is 14.2. The van der Waals surface area contributed by atoms with E-state index in [0.717, 1.165) is 58.7 Å². The number of carbonyl (C=O) groups is 1. The molecule has 0 bridgehead atoms. The molecule has 3 rings (SSSR count). The average Bonchev–Trinajstić information content (AvgIpc) is 3.03. The first kappa shape index (κ1) is 16.5. The number of ether oxygens (including phenoxy) is 1. The third-order valence-electron chi connectivity index (χ3n) is 5.31. The van der Waals surface area contributed by atoms with Gasteiger partial charge in [-0.25, -0.2) is 0 Å². The lowest BCUT2D eigenvalue weighted by atomic mass is 9.79. The number of likely N-dealkylation sites (tertiary alicyclic amines) is 1. The second kappa shape index (κ2) is 7.45. The fourth-order valence-electron chi connectivity index (χ4n) is 3.65. The van der Waals surface area contributed by atoms with Gasteiger partial charge in [0.2, 0.25) is 5.91 Å². The molecule has 1 aromatic carbocycles. The van der Waals surface area contributed by atoms with E-state index in [1.807, 2.05) is 0 Å². The number of piperidine rings is 1. The maximum atomic E-state index is 12.2. The molecular weight excluding hydrogens is 288 g/mol. The van der Waals surface area contributed by atoms with Gasteiger partial charge in [-0.1, -0.05) is 30.3 Å². The summed E-state index contributed by atoms with van der Waals surface area (Å²) in [7, 11) is 2.14. The molecule has 2 fully saturated rings. The topological polar surface area (TPSA) is 32.8 Å². The van der Waals surface area contributed by atoms with Crippen molar-refractivity contribution >= 4 is 5.91 Å². The van der Waals surface area contributed by atoms with Crippen molar-refractivity contribution in [2.75, 3.05) is 46.4 Å². The molecule has 1 unspecified atom stereocenters. The SMILES string of the molecule is CN(CCc1ccccc1)CCN1CC2(CCOC2)CCC1=O. The highest BCUT2D eigenvalue weighted by molar-refractivity contribution is 5.77. The predicted molar refractivity (Wildman–Crippen MR) is 91.3 cm³/mol. The molecule has 4 heteroatoms. The average molecular weight is 316 g/mol. The molecule has 23 heavy (non-hydrogen) atoms. The van der Waals surface area contributed by atoms with Gasteiger partial charge in [0.1, 0.15) is 0 Å². The fourth-order valence-corrected chi connectivity index (χ4v) is 3.65. The summed E-state index contributed by atoms with van der Waals surface area (Å²) in [6, 6.07) is 10.6. The zero-order valence-electron chi connectivity index (χ0n) is 14.2. The molecule has 0 N–H and O–H groups in total. The molecular formula is C19H28N2O2. The third kappa shape index (κ3) is 4.33. The fraction of sp³-hybridized carbons (Fsp3) is 0.632. The summed E-state index contributed by atoms with van der Waals surface area (Å²) in [5, 5.41) is 0. The third-order valence-corrected chi connectivity index (χ3v) is 5.31. The summed E-state index contributed by atoms with van der Waals surface area (Å²) < 4.78 is 5.59. The Kier molecular flexibility index (Phi) is 5.34. The van der Waals surface area contributed by atoms with Gasteiger partial charge in [-0.2, -0.15) is 0 Å². The van der Waals surface area contributed by atoms with Crippen LogP contribution in [0.25, 0.3) is 0 Å². The van der Waals surface area contributed by atoms with Crippen LogP contribution < -0.4 is 0 Å². The van der Waals surface area contributed by atoms with Crippen molar-refractivity contribution in [1.82, 2.24) is 9.80 Å². The van der Waals surface area contributed by atoms with Gasteiger partial charge in [0, 0.05) is 44.6 Å². The van der Waals surface area contributed by atoms with Gasteiger partial charge in [-0.3, -0.25) is 4.79 Å². The lowest BCUT2D eigenvalue weighted by Crippen LogP contribution is -2.49. The summed E-state index contributed by atoms with van der Waals surface area (Å²) in [6.45, 7) is 5.39. The maximum absolute atomic E-state index is 12.2. The first-order chi connectivity index (χ1) is 11.2. The summed E-state index contributed by atoms with van der Waals surface area (Å²) in [6.07, 6.45) is 3.87. The molecule has 0 radical (unpaired) electrons. The highest BCUT2D eigenvalue weighted by atomic mass is 16.5. The van der Waals surface area contributed by atoms with E-state index in [9.17, 15) is 4.79 Å². The largest absolute Gasteiger partial charge is 0.381 e. The molecule has 2 aliphatic rings. The Morgan fingerprint density at radius 3 is 2.78 bits per heavy atom. The van der Waals surface area contributed by atoms with E-state index >= 15 is 0 Å². The molecule has 1 aromatic rings. The van der Waals surface area contributed by atoms with Crippen LogP contribution in [0.5, 0.6) is 0 Å². The van der Waals surface area contributed by atoms with E-state index < -0.39 is 0 Å². The Labute approximate surface area is 139 Å². The van der Waals surface area contributed by atoms with Gasteiger partial charge in [0.05, 0.1) is 6.61 Å². The second-order valence-corrected chi connectivity index (χ2v) is 7.16. The molecule has 4 nitrogen and oxygen atoms in total. The molecule has 0 aromatic heterocycles. The first-order valence-corrected chi connectivity index (χ1v) is 8.75. The molecule has 2 aliphatic heterocycles. The van der Waals surface area contributed by atoms with Gasteiger partial charge >= 0.3 is 0 Å². The van der Waals surface area contributed by atoms with Crippen molar-refractivity contribution < 1.29 is 9.53 Å².